The number of anilines is 1. The zero-order valence-electron chi connectivity index (χ0n) is 13.5. The maximum atomic E-state index is 12.7. The van der Waals surface area contributed by atoms with E-state index >= 15 is 0 Å². The molecule has 0 amide bonds. The topological polar surface area (TPSA) is 61.9 Å². The van der Waals surface area contributed by atoms with Crippen LogP contribution in [0.15, 0.2) is 23.1 Å². The molecule has 7 heteroatoms. The van der Waals surface area contributed by atoms with Gasteiger partial charge >= 0.3 is 0 Å². The van der Waals surface area contributed by atoms with Gasteiger partial charge in [0, 0.05) is 39.3 Å². The third-order valence-corrected chi connectivity index (χ3v) is 6.00. The third kappa shape index (κ3) is 3.37. The van der Waals surface area contributed by atoms with E-state index in [0.717, 1.165) is 31.9 Å². The predicted octanol–water partition coefficient (Wildman–Crippen LogP) is 1.14. The number of methoxy groups -OCH3 is 1. The predicted molar refractivity (Wildman–Crippen MR) is 88.2 cm³/mol. The Balaban J connectivity index is 2.42. The molecule has 0 atom stereocenters. The standard InChI is InChI=1S/C15H25N3O3S/c1-4-18(5-2)22(19,20)13-6-7-15(21-3)14(12-13)17-10-8-16-9-11-17/h6-7,12,16H,4-5,8-11H2,1-3H3. The fourth-order valence-corrected chi connectivity index (χ4v) is 4.17. The summed E-state index contributed by atoms with van der Waals surface area (Å²) >= 11 is 0. The van der Waals surface area contributed by atoms with Crippen molar-refractivity contribution >= 4 is 15.7 Å². The molecule has 2 rings (SSSR count). The largest absolute Gasteiger partial charge is 0.495 e. The van der Waals surface area contributed by atoms with Crippen LogP contribution < -0.4 is 15.0 Å². The van der Waals surface area contributed by atoms with E-state index in [0.29, 0.717) is 23.7 Å². The number of nitrogens with zero attached hydrogens (tertiary/aromatic N) is 2. The monoisotopic (exact) mass is 327 g/mol. The zero-order chi connectivity index (χ0) is 16.2. The van der Waals surface area contributed by atoms with Crippen molar-refractivity contribution in [2.75, 3.05) is 51.3 Å². The quantitative estimate of drug-likeness (QED) is 0.849. The highest BCUT2D eigenvalue weighted by Crippen LogP contribution is 2.32. The smallest absolute Gasteiger partial charge is 0.243 e. The molecule has 1 aromatic rings. The second-order valence-electron chi connectivity index (χ2n) is 5.16. The summed E-state index contributed by atoms with van der Waals surface area (Å²) in [4.78, 5) is 2.49. The van der Waals surface area contributed by atoms with Gasteiger partial charge in [-0.15, -0.1) is 0 Å². The Morgan fingerprint density at radius 3 is 2.41 bits per heavy atom. The summed E-state index contributed by atoms with van der Waals surface area (Å²) in [6.45, 7) is 8.08. The van der Waals surface area contributed by atoms with E-state index in [1.165, 1.54) is 4.31 Å². The fourth-order valence-electron chi connectivity index (χ4n) is 2.70. The van der Waals surface area contributed by atoms with Gasteiger partial charge in [0.25, 0.3) is 0 Å². The number of sulfonamides is 1. The Hall–Kier alpha value is -1.31. The Bertz CT molecular complexity index is 594. The van der Waals surface area contributed by atoms with Gasteiger partial charge in [-0.2, -0.15) is 4.31 Å². The summed E-state index contributed by atoms with van der Waals surface area (Å²) < 4.78 is 32.2. The maximum absolute atomic E-state index is 12.7. The van der Waals surface area contributed by atoms with Crippen LogP contribution in [0, 0.1) is 0 Å². The van der Waals surface area contributed by atoms with Gasteiger partial charge in [-0.1, -0.05) is 13.8 Å². The number of hydrogen-bond acceptors (Lipinski definition) is 5. The molecule has 0 unspecified atom stereocenters. The molecule has 0 aromatic heterocycles. The minimum atomic E-state index is -3.45. The molecule has 1 N–H and O–H groups in total. The Kier molecular flexibility index (Phi) is 5.66. The number of piperazine rings is 1. The number of nitrogens with one attached hydrogen (secondary N) is 1. The molecule has 0 saturated carbocycles. The van der Waals surface area contributed by atoms with Gasteiger partial charge in [-0.05, 0) is 18.2 Å². The van der Waals surface area contributed by atoms with E-state index in [4.69, 9.17) is 4.74 Å². The van der Waals surface area contributed by atoms with E-state index in [9.17, 15) is 8.42 Å². The van der Waals surface area contributed by atoms with Crippen molar-refractivity contribution in [1.29, 1.82) is 0 Å². The number of benzene rings is 1. The zero-order valence-corrected chi connectivity index (χ0v) is 14.3. The highest BCUT2D eigenvalue weighted by Gasteiger charge is 2.24. The van der Waals surface area contributed by atoms with Crippen molar-refractivity contribution in [1.82, 2.24) is 9.62 Å². The first-order valence-corrected chi connectivity index (χ1v) is 9.12. The van der Waals surface area contributed by atoms with Crippen molar-refractivity contribution < 1.29 is 13.2 Å². The molecule has 1 heterocycles. The summed E-state index contributed by atoms with van der Waals surface area (Å²) in [5, 5.41) is 3.29. The number of hydrogen-bond donors (Lipinski definition) is 1. The lowest BCUT2D eigenvalue weighted by molar-refractivity contribution is 0.412. The first-order valence-electron chi connectivity index (χ1n) is 7.68. The highest BCUT2D eigenvalue weighted by atomic mass is 32.2. The van der Waals surface area contributed by atoms with Crippen molar-refractivity contribution in [3.8, 4) is 5.75 Å². The summed E-state index contributed by atoms with van der Waals surface area (Å²) in [5.41, 5.74) is 0.845. The normalized spacial score (nSPS) is 16.1. The highest BCUT2D eigenvalue weighted by molar-refractivity contribution is 7.89. The summed E-state index contributed by atoms with van der Waals surface area (Å²) in [6, 6.07) is 5.10. The fraction of sp³-hybridized carbons (Fsp3) is 0.600. The van der Waals surface area contributed by atoms with Crippen molar-refractivity contribution in [2.24, 2.45) is 0 Å². The molecular formula is C15H25N3O3S. The molecule has 0 spiro atoms. The lowest BCUT2D eigenvalue weighted by Gasteiger charge is -2.31. The van der Waals surface area contributed by atoms with Crippen molar-refractivity contribution in [3.63, 3.8) is 0 Å². The van der Waals surface area contributed by atoms with E-state index in [-0.39, 0.29) is 0 Å². The second-order valence-corrected chi connectivity index (χ2v) is 7.10. The Morgan fingerprint density at radius 2 is 1.86 bits per heavy atom. The van der Waals surface area contributed by atoms with Crippen LogP contribution in [0.1, 0.15) is 13.8 Å². The summed E-state index contributed by atoms with van der Waals surface area (Å²) in [7, 11) is -1.84. The lowest BCUT2D eigenvalue weighted by Crippen LogP contribution is -2.43. The van der Waals surface area contributed by atoms with Crippen LogP contribution in [-0.2, 0) is 10.0 Å². The van der Waals surface area contributed by atoms with Crippen molar-refractivity contribution in [2.45, 2.75) is 18.7 Å². The van der Waals surface area contributed by atoms with Gasteiger partial charge < -0.3 is 15.0 Å². The Morgan fingerprint density at radius 1 is 1.23 bits per heavy atom. The Labute approximate surface area is 133 Å². The summed E-state index contributed by atoms with van der Waals surface area (Å²) in [6.07, 6.45) is 0. The minimum absolute atomic E-state index is 0.325. The average Bonchev–Trinajstić information content (AvgIpc) is 2.56. The average molecular weight is 327 g/mol. The van der Waals surface area contributed by atoms with Gasteiger partial charge in [-0.25, -0.2) is 8.42 Å². The first-order chi connectivity index (χ1) is 10.5. The first kappa shape index (κ1) is 17.1. The van der Waals surface area contributed by atoms with E-state index in [1.807, 2.05) is 13.8 Å². The van der Waals surface area contributed by atoms with Gasteiger partial charge in [0.2, 0.25) is 10.0 Å². The van der Waals surface area contributed by atoms with E-state index in [2.05, 4.69) is 10.2 Å². The van der Waals surface area contributed by atoms with Crippen LogP contribution in [0.2, 0.25) is 0 Å². The third-order valence-electron chi connectivity index (χ3n) is 3.95. The number of ether oxygens (including phenoxy) is 1. The van der Waals surface area contributed by atoms with Crippen LogP contribution in [0.4, 0.5) is 5.69 Å². The minimum Gasteiger partial charge on any atom is -0.495 e. The van der Waals surface area contributed by atoms with Crippen LogP contribution >= 0.6 is 0 Å². The molecule has 1 aliphatic rings. The molecule has 1 aliphatic heterocycles. The van der Waals surface area contributed by atoms with Crippen LogP contribution in [0.5, 0.6) is 5.75 Å². The van der Waals surface area contributed by atoms with Crippen LogP contribution in [0.3, 0.4) is 0 Å². The van der Waals surface area contributed by atoms with Crippen molar-refractivity contribution in [3.05, 3.63) is 18.2 Å². The lowest BCUT2D eigenvalue weighted by atomic mass is 10.2. The molecule has 6 nitrogen and oxygen atoms in total. The van der Waals surface area contributed by atoms with Crippen LogP contribution in [0.25, 0.3) is 0 Å². The van der Waals surface area contributed by atoms with E-state index in [1.54, 1.807) is 25.3 Å². The maximum Gasteiger partial charge on any atom is 0.243 e. The van der Waals surface area contributed by atoms with Gasteiger partial charge in [0.1, 0.15) is 5.75 Å². The molecular weight excluding hydrogens is 302 g/mol. The van der Waals surface area contributed by atoms with Gasteiger partial charge in [0.05, 0.1) is 17.7 Å². The molecule has 0 radical (unpaired) electrons. The molecule has 0 aliphatic carbocycles. The second kappa shape index (κ2) is 7.30. The summed E-state index contributed by atoms with van der Waals surface area (Å²) in [5.74, 6) is 0.709. The van der Waals surface area contributed by atoms with E-state index < -0.39 is 10.0 Å². The molecule has 1 fully saturated rings. The molecule has 0 bridgehead atoms. The SMILES string of the molecule is CCN(CC)S(=O)(=O)c1ccc(OC)c(N2CCNCC2)c1. The molecule has 1 aromatic carbocycles. The molecule has 124 valence electrons. The molecule has 1 saturated heterocycles. The van der Waals surface area contributed by atoms with Gasteiger partial charge in [-0.3, -0.25) is 0 Å². The number of rotatable bonds is 6. The molecule has 22 heavy (non-hydrogen) atoms. The van der Waals surface area contributed by atoms with Gasteiger partial charge in [0.15, 0.2) is 0 Å². The van der Waals surface area contributed by atoms with Crippen LogP contribution in [-0.4, -0.2) is 59.1 Å².